The number of amides is 2. The predicted octanol–water partition coefficient (Wildman–Crippen LogP) is 5.55. The van der Waals surface area contributed by atoms with E-state index in [2.05, 4.69) is 31.9 Å². The number of hydrogen-bond acceptors (Lipinski definition) is 5. The number of ketones is 2. The van der Waals surface area contributed by atoms with E-state index in [9.17, 15) is 24.3 Å². The first-order chi connectivity index (χ1) is 17.7. The second-order valence-corrected chi connectivity index (χ2v) is 11.8. The molecule has 0 radical (unpaired) electrons. The molecule has 186 valence electrons. The van der Waals surface area contributed by atoms with Crippen LogP contribution in [0.15, 0.2) is 85.9 Å². The summed E-state index contributed by atoms with van der Waals surface area (Å²) in [6, 6.07) is 12.0. The standard InChI is InChI=1S/C29H21Br2NO5/c1-13-10-23(34)26-21(27(13)35)12-19-17(24(26)20-11-15(31)4-9-22(20)33)7-8-18-25(19)29(37)32(28(18)36)16-5-2-14(30)3-6-16/h2-7,9-11,18-19,24-25,33H,8,12H2,1H3. The quantitative estimate of drug-likeness (QED) is 0.269. The molecule has 0 bridgehead atoms. The van der Waals surface area contributed by atoms with Gasteiger partial charge in [-0.3, -0.25) is 24.1 Å². The maximum Gasteiger partial charge on any atom is 0.238 e. The van der Waals surface area contributed by atoms with Gasteiger partial charge in [-0.05, 0) is 74.2 Å². The van der Waals surface area contributed by atoms with Gasteiger partial charge >= 0.3 is 0 Å². The molecule has 1 heterocycles. The van der Waals surface area contributed by atoms with Crippen molar-refractivity contribution in [2.24, 2.45) is 17.8 Å². The monoisotopic (exact) mass is 621 g/mol. The number of fused-ring (bicyclic) bond motifs is 3. The first kappa shape index (κ1) is 24.2. The Hall–Kier alpha value is -3.10. The number of anilines is 1. The lowest BCUT2D eigenvalue weighted by atomic mass is 9.59. The second kappa shape index (κ2) is 8.74. The molecular weight excluding hydrogens is 602 g/mol. The third-order valence-corrected chi connectivity index (χ3v) is 8.97. The highest BCUT2D eigenvalue weighted by atomic mass is 79.9. The first-order valence-electron chi connectivity index (χ1n) is 12.0. The number of imide groups is 1. The van der Waals surface area contributed by atoms with Gasteiger partial charge in [-0.15, -0.1) is 0 Å². The smallest absolute Gasteiger partial charge is 0.238 e. The Morgan fingerprint density at radius 2 is 1.62 bits per heavy atom. The fraction of sp³-hybridized carbons (Fsp3) is 0.241. The predicted molar refractivity (Wildman–Crippen MR) is 144 cm³/mol. The Labute approximate surface area is 230 Å². The van der Waals surface area contributed by atoms with E-state index in [1.54, 1.807) is 49.4 Å². The molecule has 1 fully saturated rings. The van der Waals surface area contributed by atoms with E-state index in [0.29, 0.717) is 38.9 Å². The lowest BCUT2D eigenvalue weighted by Crippen LogP contribution is -2.39. The topological polar surface area (TPSA) is 91.8 Å². The van der Waals surface area contributed by atoms with E-state index in [1.807, 2.05) is 6.08 Å². The highest BCUT2D eigenvalue weighted by Crippen LogP contribution is 2.56. The summed E-state index contributed by atoms with van der Waals surface area (Å²) >= 11 is 6.85. The molecule has 4 aliphatic rings. The maximum absolute atomic E-state index is 13.9. The Morgan fingerprint density at radius 1 is 0.919 bits per heavy atom. The van der Waals surface area contributed by atoms with E-state index < -0.39 is 23.7 Å². The van der Waals surface area contributed by atoms with Crippen LogP contribution >= 0.6 is 31.9 Å². The highest BCUT2D eigenvalue weighted by molar-refractivity contribution is 9.10. The van der Waals surface area contributed by atoms with Gasteiger partial charge in [0.2, 0.25) is 11.8 Å². The van der Waals surface area contributed by atoms with Crippen LogP contribution in [0, 0.1) is 17.8 Å². The van der Waals surface area contributed by atoms with Crippen LogP contribution in [0.5, 0.6) is 5.75 Å². The number of hydrogen-bond donors (Lipinski definition) is 1. The van der Waals surface area contributed by atoms with Gasteiger partial charge in [-0.25, -0.2) is 0 Å². The molecular formula is C29H21Br2NO5. The molecule has 2 aromatic rings. The van der Waals surface area contributed by atoms with Crippen molar-refractivity contribution >= 4 is 60.9 Å². The van der Waals surface area contributed by atoms with Crippen LogP contribution in [-0.2, 0) is 19.2 Å². The minimum Gasteiger partial charge on any atom is -0.508 e. The number of Topliss-reactive ketones (excluding diaryl/α,β-unsaturated/α-hetero) is 1. The minimum absolute atomic E-state index is 0.000520. The zero-order valence-corrected chi connectivity index (χ0v) is 22.9. The Kier molecular flexibility index (Phi) is 5.73. The van der Waals surface area contributed by atoms with Gasteiger partial charge in [0.05, 0.1) is 17.5 Å². The summed E-state index contributed by atoms with van der Waals surface area (Å²) in [4.78, 5) is 55.2. The minimum atomic E-state index is -0.683. The zero-order chi connectivity index (χ0) is 26.2. The number of aromatic hydroxyl groups is 1. The van der Waals surface area contributed by atoms with Crippen molar-refractivity contribution in [1.29, 1.82) is 0 Å². The normalized spacial score (nSPS) is 27.1. The molecule has 0 spiro atoms. The SMILES string of the molecule is CC1=CC(=O)C2=C(CC3C(=CCC4C(=O)N(c5ccc(Br)cc5)C(=O)C43)C2c2cc(Br)ccc2O)C1=O. The van der Waals surface area contributed by atoms with E-state index in [0.717, 1.165) is 10.0 Å². The van der Waals surface area contributed by atoms with Crippen molar-refractivity contribution in [1.82, 2.24) is 0 Å². The van der Waals surface area contributed by atoms with Gasteiger partial charge in [0.25, 0.3) is 0 Å². The number of allylic oxidation sites excluding steroid dienone is 6. The second-order valence-electron chi connectivity index (χ2n) is 9.92. The van der Waals surface area contributed by atoms with Gasteiger partial charge in [0, 0.05) is 37.1 Å². The van der Waals surface area contributed by atoms with Crippen molar-refractivity contribution < 1.29 is 24.3 Å². The van der Waals surface area contributed by atoms with Crippen molar-refractivity contribution in [3.63, 3.8) is 0 Å². The van der Waals surface area contributed by atoms with Gasteiger partial charge < -0.3 is 5.11 Å². The molecule has 6 nitrogen and oxygen atoms in total. The van der Waals surface area contributed by atoms with Crippen LogP contribution in [0.1, 0.15) is 31.2 Å². The molecule has 8 heteroatoms. The number of carbonyl (C=O) groups excluding carboxylic acids is 4. The van der Waals surface area contributed by atoms with Crippen molar-refractivity contribution in [2.45, 2.75) is 25.7 Å². The molecule has 0 saturated carbocycles. The molecule has 1 aliphatic heterocycles. The van der Waals surface area contributed by atoms with Crippen molar-refractivity contribution in [3.05, 3.63) is 91.4 Å². The Bertz CT molecular complexity index is 1520. The van der Waals surface area contributed by atoms with E-state index in [-0.39, 0.29) is 35.6 Å². The number of phenols is 1. The molecule has 1 saturated heterocycles. The summed E-state index contributed by atoms with van der Waals surface area (Å²) in [6.07, 6.45) is 3.85. The largest absolute Gasteiger partial charge is 0.508 e. The summed E-state index contributed by atoms with van der Waals surface area (Å²) < 4.78 is 1.55. The van der Waals surface area contributed by atoms with E-state index in [1.165, 1.54) is 11.0 Å². The fourth-order valence-electron chi connectivity index (χ4n) is 6.34. The number of benzene rings is 2. The number of rotatable bonds is 2. The van der Waals surface area contributed by atoms with Crippen molar-refractivity contribution in [3.8, 4) is 5.75 Å². The van der Waals surface area contributed by atoms with Crippen LogP contribution in [0.25, 0.3) is 0 Å². The average molecular weight is 623 g/mol. The summed E-state index contributed by atoms with van der Waals surface area (Å²) in [7, 11) is 0. The van der Waals surface area contributed by atoms with Gasteiger partial charge in [-0.2, -0.15) is 0 Å². The molecule has 4 atom stereocenters. The lowest BCUT2D eigenvalue weighted by molar-refractivity contribution is -0.123. The summed E-state index contributed by atoms with van der Waals surface area (Å²) in [6.45, 7) is 1.62. The summed E-state index contributed by atoms with van der Waals surface area (Å²) in [5, 5.41) is 10.9. The van der Waals surface area contributed by atoms with Crippen LogP contribution < -0.4 is 4.90 Å². The van der Waals surface area contributed by atoms with Crippen LogP contribution in [0.3, 0.4) is 0 Å². The highest BCUT2D eigenvalue weighted by Gasteiger charge is 2.56. The van der Waals surface area contributed by atoms with Gasteiger partial charge in [0.1, 0.15) is 5.75 Å². The molecule has 4 unspecified atom stereocenters. The number of carbonyl (C=O) groups is 4. The molecule has 37 heavy (non-hydrogen) atoms. The van der Waals surface area contributed by atoms with E-state index in [4.69, 9.17) is 0 Å². The Morgan fingerprint density at radius 3 is 2.35 bits per heavy atom. The van der Waals surface area contributed by atoms with Gasteiger partial charge in [0.15, 0.2) is 11.6 Å². The van der Waals surface area contributed by atoms with Crippen LogP contribution in [-0.4, -0.2) is 28.5 Å². The molecule has 1 N–H and O–H groups in total. The summed E-state index contributed by atoms with van der Waals surface area (Å²) in [5.41, 5.74) is 2.89. The van der Waals surface area contributed by atoms with E-state index >= 15 is 0 Å². The molecule has 6 rings (SSSR count). The third-order valence-electron chi connectivity index (χ3n) is 7.95. The zero-order valence-electron chi connectivity index (χ0n) is 19.7. The molecule has 3 aliphatic carbocycles. The third kappa shape index (κ3) is 3.64. The number of nitrogens with zero attached hydrogens (tertiary/aromatic N) is 1. The van der Waals surface area contributed by atoms with Crippen molar-refractivity contribution in [2.75, 3.05) is 4.90 Å². The summed E-state index contributed by atoms with van der Waals surface area (Å²) in [5.74, 6) is -3.36. The first-order valence-corrected chi connectivity index (χ1v) is 13.6. The average Bonchev–Trinajstić information content (AvgIpc) is 3.13. The number of phenolic OH excluding ortho intramolecular Hbond substituents is 1. The maximum atomic E-state index is 13.9. The lowest BCUT2D eigenvalue weighted by Gasteiger charge is -2.42. The fourth-order valence-corrected chi connectivity index (χ4v) is 6.98. The van der Waals surface area contributed by atoms with Crippen LogP contribution in [0.2, 0.25) is 0 Å². The molecule has 0 aromatic heterocycles. The molecule has 2 aromatic carbocycles. The van der Waals surface area contributed by atoms with Gasteiger partial charge in [-0.1, -0.05) is 43.5 Å². The van der Waals surface area contributed by atoms with Crippen LogP contribution in [0.4, 0.5) is 5.69 Å². The Balaban J connectivity index is 1.50. The number of halogens is 2. The molecule has 2 amide bonds.